The molecule has 1 heterocycles. The molecule has 172 valence electrons. The second-order valence-corrected chi connectivity index (χ2v) is 7.88. The standard InChI is InChI=1S/C23H27F3N4O2/c1-11(31-4)6-17-19(32-5)10-18-21(22(28)30-13(3)29-18)20(17)12(2)14-7-15(23(24,25)26)9-16(27)8-14/h7-12H,6,27H2,1-5H3,(H2,28,29,30)/t11-,12+/m0/s1. The number of alkyl halides is 3. The van der Waals surface area contributed by atoms with Crippen molar-refractivity contribution in [1.82, 2.24) is 9.97 Å². The van der Waals surface area contributed by atoms with Crippen LogP contribution in [0.3, 0.4) is 0 Å². The Bertz CT molecular complexity index is 1150. The Balaban J connectivity index is 2.37. The van der Waals surface area contributed by atoms with Gasteiger partial charge in [0, 0.05) is 42.2 Å². The van der Waals surface area contributed by atoms with Gasteiger partial charge in [0.2, 0.25) is 0 Å². The lowest BCUT2D eigenvalue weighted by Crippen LogP contribution is -2.15. The average Bonchev–Trinajstić information content (AvgIpc) is 2.71. The lowest BCUT2D eigenvalue weighted by molar-refractivity contribution is -0.137. The minimum atomic E-state index is -4.52. The molecule has 0 unspecified atom stereocenters. The Morgan fingerprint density at radius 1 is 1.03 bits per heavy atom. The van der Waals surface area contributed by atoms with E-state index in [4.69, 9.17) is 20.9 Å². The Morgan fingerprint density at radius 3 is 2.31 bits per heavy atom. The first kappa shape index (κ1) is 23.6. The minimum Gasteiger partial charge on any atom is -0.496 e. The van der Waals surface area contributed by atoms with Crippen LogP contribution in [-0.4, -0.2) is 30.3 Å². The minimum absolute atomic E-state index is 0.0285. The molecule has 6 nitrogen and oxygen atoms in total. The number of benzene rings is 2. The molecule has 4 N–H and O–H groups in total. The first-order valence-electron chi connectivity index (χ1n) is 10.1. The molecule has 0 aliphatic heterocycles. The fourth-order valence-corrected chi connectivity index (χ4v) is 3.99. The predicted molar refractivity (Wildman–Crippen MR) is 119 cm³/mol. The molecule has 0 spiro atoms. The first-order chi connectivity index (χ1) is 15.0. The number of aromatic nitrogens is 2. The molecule has 0 saturated carbocycles. The van der Waals surface area contributed by atoms with E-state index in [0.717, 1.165) is 17.7 Å². The van der Waals surface area contributed by atoms with Gasteiger partial charge < -0.3 is 20.9 Å². The van der Waals surface area contributed by atoms with Crippen molar-refractivity contribution in [2.24, 2.45) is 0 Å². The third-order valence-corrected chi connectivity index (χ3v) is 5.59. The molecule has 0 saturated heterocycles. The fraction of sp³-hybridized carbons (Fsp3) is 0.391. The van der Waals surface area contributed by atoms with Crippen LogP contribution >= 0.6 is 0 Å². The molecule has 0 bridgehead atoms. The number of hydrogen-bond donors (Lipinski definition) is 2. The maximum absolute atomic E-state index is 13.5. The molecule has 2 aromatic carbocycles. The number of anilines is 2. The van der Waals surface area contributed by atoms with Gasteiger partial charge in [-0.05, 0) is 43.2 Å². The van der Waals surface area contributed by atoms with E-state index in [0.29, 0.717) is 40.0 Å². The quantitative estimate of drug-likeness (QED) is 0.523. The highest BCUT2D eigenvalue weighted by atomic mass is 19.4. The summed E-state index contributed by atoms with van der Waals surface area (Å²) in [5.74, 6) is 0.783. The molecule has 0 amide bonds. The molecular weight excluding hydrogens is 421 g/mol. The van der Waals surface area contributed by atoms with Crippen LogP contribution in [0.1, 0.15) is 47.8 Å². The van der Waals surface area contributed by atoms with E-state index < -0.39 is 17.7 Å². The summed E-state index contributed by atoms with van der Waals surface area (Å²) >= 11 is 0. The molecule has 32 heavy (non-hydrogen) atoms. The maximum atomic E-state index is 13.5. The van der Waals surface area contributed by atoms with E-state index in [9.17, 15) is 13.2 Å². The predicted octanol–water partition coefficient (Wildman–Crippen LogP) is 4.86. The third-order valence-electron chi connectivity index (χ3n) is 5.59. The summed E-state index contributed by atoms with van der Waals surface area (Å²) in [5.41, 5.74) is 13.8. The smallest absolute Gasteiger partial charge is 0.416 e. The first-order valence-corrected chi connectivity index (χ1v) is 10.1. The van der Waals surface area contributed by atoms with Crippen molar-refractivity contribution in [2.45, 2.75) is 45.4 Å². The molecule has 3 aromatic rings. The molecule has 1 aromatic heterocycles. The van der Waals surface area contributed by atoms with E-state index in [-0.39, 0.29) is 17.6 Å². The van der Waals surface area contributed by atoms with Gasteiger partial charge >= 0.3 is 6.18 Å². The van der Waals surface area contributed by atoms with Gasteiger partial charge in [0.25, 0.3) is 0 Å². The van der Waals surface area contributed by atoms with Gasteiger partial charge in [0.1, 0.15) is 17.4 Å². The highest BCUT2D eigenvalue weighted by Gasteiger charge is 2.32. The molecule has 3 rings (SSSR count). The number of halogens is 3. The van der Waals surface area contributed by atoms with Crippen LogP contribution in [0, 0.1) is 6.92 Å². The van der Waals surface area contributed by atoms with Gasteiger partial charge in [-0.15, -0.1) is 0 Å². The zero-order valence-corrected chi connectivity index (χ0v) is 18.7. The largest absolute Gasteiger partial charge is 0.496 e. The van der Waals surface area contributed by atoms with Crippen molar-refractivity contribution in [3.63, 3.8) is 0 Å². The van der Waals surface area contributed by atoms with Gasteiger partial charge in [0.15, 0.2) is 0 Å². The Morgan fingerprint density at radius 2 is 1.72 bits per heavy atom. The van der Waals surface area contributed by atoms with E-state index in [1.54, 1.807) is 26.2 Å². The van der Waals surface area contributed by atoms with Gasteiger partial charge in [-0.1, -0.05) is 6.92 Å². The van der Waals surface area contributed by atoms with E-state index in [2.05, 4.69) is 9.97 Å². The number of ether oxygens (including phenoxy) is 2. The normalized spacial score (nSPS) is 13.9. The maximum Gasteiger partial charge on any atom is 0.416 e. The highest BCUT2D eigenvalue weighted by Crippen LogP contribution is 2.42. The van der Waals surface area contributed by atoms with Gasteiger partial charge in [0.05, 0.1) is 24.3 Å². The topological polar surface area (TPSA) is 96.3 Å². The number of hydrogen-bond acceptors (Lipinski definition) is 6. The lowest BCUT2D eigenvalue weighted by atomic mass is 9.84. The summed E-state index contributed by atoms with van der Waals surface area (Å²) in [4.78, 5) is 8.79. The van der Waals surface area contributed by atoms with Crippen molar-refractivity contribution in [3.05, 3.63) is 52.3 Å². The van der Waals surface area contributed by atoms with Gasteiger partial charge in [-0.2, -0.15) is 13.2 Å². The summed E-state index contributed by atoms with van der Waals surface area (Å²) in [6.07, 6.45) is -4.24. The van der Waals surface area contributed by atoms with Gasteiger partial charge in [-0.3, -0.25) is 0 Å². The molecule has 2 atom stereocenters. The summed E-state index contributed by atoms with van der Waals surface area (Å²) in [7, 11) is 3.13. The lowest BCUT2D eigenvalue weighted by Gasteiger charge is -2.25. The average molecular weight is 448 g/mol. The number of fused-ring (bicyclic) bond motifs is 1. The zero-order chi connectivity index (χ0) is 23.8. The molecule has 0 radical (unpaired) electrons. The number of rotatable bonds is 6. The van der Waals surface area contributed by atoms with Crippen LogP contribution in [0.5, 0.6) is 5.75 Å². The van der Waals surface area contributed by atoms with Crippen LogP contribution < -0.4 is 16.2 Å². The molecule has 0 aliphatic carbocycles. The SMILES string of the molecule is COc1cc2nc(C)nc(N)c2c([C@H](C)c2cc(N)cc(C(F)(F)F)c2)c1C[C@H](C)OC. The fourth-order valence-electron chi connectivity index (χ4n) is 3.99. The number of nitrogen functional groups attached to an aromatic ring is 2. The van der Waals surface area contributed by atoms with E-state index in [1.165, 1.54) is 7.11 Å². The summed E-state index contributed by atoms with van der Waals surface area (Å²) < 4.78 is 51.5. The van der Waals surface area contributed by atoms with Crippen molar-refractivity contribution in [1.29, 1.82) is 0 Å². The zero-order valence-electron chi connectivity index (χ0n) is 18.7. The summed E-state index contributed by atoms with van der Waals surface area (Å²) in [5, 5.41) is 0.582. The monoisotopic (exact) mass is 448 g/mol. The van der Waals surface area contributed by atoms with Gasteiger partial charge in [-0.25, -0.2) is 9.97 Å². The van der Waals surface area contributed by atoms with Crippen molar-refractivity contribution in [2.75, 3.05) is 25.7 Å². The van der Waals surface area contributed by atoms with Crippen LogP contribution in [-0.2, 0) is 17.3 Å². The Hall–Kier alpha value is -3.07. The summed E-state index contributed by atoms with van der Waals surface area (Å²) in [6, 6.07) is 5.35. The Labute approximate surface area is 184 Å². The second kappa shape index (κ2) is 8.82. The third kappa shape index (κ3) is 4.57. The number of nitrogens with zero attached hydrogens (tertiary/aromatic N) is 2. The van der Waals surface area contributed by atoms with E-state index in [1.807, 2.05) is 13.8 Å². The van der Waals surface area contributed by atoms with Crippen molar-refractivity contribution >= 4 is 22.4 Å². The molecule has 9 heteroatoms. The second-order valence-electron chi connectivity index (χ2n) is 7.88. The van der Waals surface area contributed by atoms with Crippen molar-refractivity contribution in [3.8, 4) is 5.75 Å². The molecule has 0 aliphatic rings. The van der Waals surface area contributed by atoms with Crippen LogP contribution in [0.15, 0.2) is 24.3 Å². The Kier molecular flexibility index (Phi) is 6.50. The number of nitrogens with two attached hydrogens (primary N) is 2. The number of aryl methyl sites for hydroxylation is 1. The highest BCUT2D eigenvalue weighted by molar-refractivity contribution is 5.94. The van der Waals surface area contributed by atoms with Crippen molar-refractivity contribution < 1.29 is 22.6 Å². The van der Waals surface area contributed by atoms with Crippen LogP contribution in [0.25, 0.3) is 10.9 Å². The van der Waals surface area contributed by atoms with E-state index >= 15 is 0 Å². The van der Waals surface area contributed by atoms with Crippen LogP contribution in [0.4, 0.5) is 24.7 Å². The molecular formula is C23H27F3N4O2. The van der Waals surface area contributed by atoms with Crippen LogP contribution in [0.2, 0.25) is 0 Å². The summed E-state index contributed by atoms with van der Waals surface area (Å²) in [6.45, 7) is 5.43. The molecule has 0 fully saturated rings. The number of methoxy groups -OCH3 is 2.